The number of carboxylic acid groups (broad SMARTS) is 1. The van der Waals surface area contributed by atoms with Crippen molar-refractivity contribution in [1.29, 1.82) is 0 Å². The van der Waals surface area contributed by atoms with Crippen molar-refractivity contribution in [2.75, 3.05) is 25.4 Å². The second-order valence-electron chi connectivity index (χ2n) is 4.44. The zero-order chi connectivity index (χ0) is 15.3. The van der Waals surface area contributed by atoms with E-state index >= 15 is 0 Å². The number of rotatable bonds is 6. The van der Waals surface area contributed by atoms with Gasteiger partial charge in [0.2, 0.25) is 10.0 Å². The van der Waals surface area contributed by atoms with Gasteiger partial charge in [0.25, 0.3) is 0 Å². The van der Waals surface area contributed by atoms with Gasteiger partial charge in [-0.2, -0.15) is 0 Å². The molecule has 9 nitrogen and oxygen atoms in total. The minimum atomic E-state index is -3.44. The molecule has 2 amide bonds. The van der Waals surface area contributed by atoms with Gasteiger partial charge in [-0.3, -0.25) is 0 Å². The smallest absolute Gasteiger partial charge is 0.326 e. The molecule has 0 bridgehead atoms. The van der Waals surface area contributed by atoms with E-state index < -0.39 is 34.2 Å². The number of urea groups is 1. The predicted molar refractivity (Wildman–Crippen MR) is 69.6 cm³/mol. The van der Waals surface area contributed by atoms with E-state index in [-0.39, 0.29) is 31.8 Å². The van der Waals surface area contributed by atoms with Crippen LogP contribution in [0.5, 0.6) is 0 Å². The summed E-state index contributed by atoms with van der Waals surface area (Å²) in [5.74, 6) is -1.49. The first kappa shape index (κ1) is 16.7. The molecule has 10 heteroatoms. The van der Waals surface area contributed by atoms with Gasteiger partial charge in [0.1, 0.15) is 6.04 Å². The summed E-state index contributed by atoms with van der Waals surface area (Å²) in [5.41, 5.74) is 0. The van der Waals surface area contributed by atoms with E-state index in [1.165, 1.54) is 0 Å². The highest BCUT2D eigenvalue weighted by Gasteiger charge is 2.38. The number of sulfonamides is 1. The first-order valence-electron chi connectivity index (χ1n) is 6.19. The second kappa shape index (κ2) is 6.86. The lowest BCUT2D eigenvalue weighted by Crippen LogP contribution is -2.47. The quantitative estimate of drug-likeness (QED) is 0.455. The first-order valence-corrected chi connectivity index (χ1v) is 7.84. The number of aliphatic hydroxyl groups is 1. The molecule has 1 aliphatic rings. The molecule has 0 spiro atoms. The minimum absolute atomic E-state index is 0.0293. The van der Waals surface area contributed by atoms with Crippen LogP contribution in [0.15, 0.2) is 0 Å². The molecule has 0 saturated carbocycles. The van der Waals surface area contributed by atoms with E-state index in [0.717, 1.165) is 4.90 Å². The average Bonchev–Trinajstić information content (AvgIpc) is 2.71. The second-order valence-corrected chi connectivity index (χ2v) is 6.37. The summed E-state index contributed by atoms with van der Waals surface area (Å²) in [4.78, 5) is 23.7. The van der Waals surface area contributed by atoms with Gasteiger partial charge in [-0.25, -0.2) is 22.7 Å². The third-order valence-corrected chi connectivity index (χ3v) is 4.31. The number of likely N-dealkylation sites (tertiary alicyclic amines) is 1. The van der Waals surface area contributed by atoms with Gasteiger partial charge >= 0.3 is 12.0 Å². The zero-order valence-electron chi connectivity index (χ0n) is 11.1. The van der Waals surface area contributed by atoms with E-state index in [0.29, 0.717) is 0 Å². The number of aliphatic hydroxyl groups excluding tert-OH is 1. The standard InChI is InChI=1S/C10H19N3O6S/c1-2-12-20(18,19)4-3-11-10(17)13-6-7(14)5-8(13)9(15)16/h7-8,12,14H,2-6H2,1H3,(H,11,17)(H,15,16). The highest BCUT2D eigenvalue weighted by molar-refractivity contribution is 7.89. The molecule has 1 heterocycles. The van der Waals surface area contributed by atoms with Crippen molar-refractivity contribution in [1.82, 2.24) is 14.9 Å². The van der Waals surface area contributed by atoms with Gasteiger partial charge in [0.15, 0.2) is 0 Å². The van der Waals surface area contributed by atoms with Crippen molar-refractivity contribution in [3.63, 3.8) is 0 Å². The fourth-order valence-corrected chi connectivity index (χ4v) is 2.91. The summed E-state index contributed by atoms with van der Waals surface area (Å²) >= 11 is 0. The molecule has 1 saturated heterocycles. The number of amides is 2. The fraction of sp³-hybridized carbons (Fsp3) is 0.800. The van der Waals surface area contributed by atoms with Crippen LogP contribution in [0.1, 0.15) is 13.3 Å². The molecule has 1 fully saturated rings. The van der Waals surface area contributed by atoms with E-state index in [1.807, 2.05) is 0 Å². The van der Waals surface area contributed by atoms with E-state index in [2.05, 4.69) is 10.0 Å². The Hall–Kier alpha value is -1.39. The third kappa shape index (κ3) is 4.62. The van der Waals surface area contributed by atoms with Gasteiger partial charge in [-0.05, 0) is 0 Å². The van der Waals surface area contributed by atoms with E-state index in [9.17, 15) is 23.1 Å². The van der Waals surface area contributed by atoms with Gasteiger partial charge in [0, 0.05) is 26.1 Å². The monoisotopic (exact) mass is 309 g/mol. The predicted octanol–water partition coefficient (Wildman–Crippen LogP) is -1.84. The molecule has 20 heavy (non-hydrogen) atoms. The van der Waals surface area contributed by atoms with Crippen LogP contribution in [0, 0.1) is 0 Å². The Morgan fingerprint density at radius 3 is 2.60 bits per heavy atom. The summed E-state index contributed by atoms with van der Waals surface area (Å²) in [6.45, 7) is 1.69. The van der Waals surface area contributed by atoms with Gasteiger partial charge in [0.05, 0.1) is 11.9 Å². The molecule has 4 N–H and O–H groups in total. The average molecular weight is 309 g/mol. The lowest BCUT2D eigenvalue weighted by Gasteiger charge is -2.21. The Kier molecular flexibility index (Phi) is 5.72. The number of aliphatic carboxylic acids is 1. The number of nitrogens with one attached hydrogen (secondary N) is 2. The molecule has 1 aliphatic heterocycles. The van der Waals surface area contributed by atoms with E-state index in [4.69, 9.17) is 5.11 Å². The summed E-state index contributed by atoms with van der Waals surface area (Å²) in [6.07, 6.45) is -0.911. The van der Waals surface area contributed by atoms with Crippen molar-refractivity contribution < 1.29 is 28.2 Å². The molecule has 1 rings (SSSR count). The van der Waals surface area contributed by atoms with Crippen molar-refractivity contribution in [3.8, 4) is 0 Å². The maximum Gasteiger partial charge on any atom is 0.326 e. The molecule has 2 unspecified atom stereocenters. The highest BCUT2D eigenvalue weighted by Crippen LogP contribution is 2.17. The SMILES string of the molecule is CCNS(=O)(=O)CCNC(=O)N1CC(O)CC1C(=O)O. The topological polar surface area (TPSA) is 136 Å². The fourth-order valence-electron chi connectivity index (χ4n) is 1.96. The number of nitrogens with zero attached hydrogens (tertiary/aromatic N) is 1. The molecule has 0 aromatic carbocycles. The molecule has 2 atom stereocenters. The van der Waals surface area contributed by atoms with Crippen molar-refractivity contribution in [2.45, 2.75) is 25.5 Å². The summed E-state index contributed by atoms with van der Waals surface area (Å²) in [7, 11) is -3.44. The number of carboxylic acids is 1. The third-order valence-electron chi connectivity index (χ3n) is 2.84. The molecule has 0 aromatic rings. The van der Waals surface area contributed by atoms with Crippen LogP contribution in [0.2, 0.25) is 0 Å². The number of β-amino-alcohol motifs (C(OH)–C–C–N with tert-alkyl or cyclic N) is 1. The van der Waals surface area contributed by atoms with Crippen LogP contribution in [-0.2, 0) is 14.8 Å². The number of hydrogen-bond acceptors (Lipinski definition) is 5. The first-order chi connectivity index (χ1) is 9.26. The number of hydrogen-bond donors (Lipinski definition) is 4. The van der Waals surface area contributed by atoms with Gasteiger partial charge < -0.3 is 20.4 Å². The molecule has 116 valence electrons. The number of carbonyl (C=O) groups excluding carboxylic acids is 1. The normalized spacial score (nSPS) is 22.8. The Balaban J connectivity index is 2.48. The minimum Gasteiger partial charge on any atom is -0.480 e. The van der Waals surface area contributed by atoms with Crippen molar-refractivity contribution in [2.24, 2.45) is 0 Å². The zero-order valence-corrected chi connectivity index (χ0v) is 11.9. The van der Waals surface area contributed by atoms with Crippen LogP contribution in [-0.4, -0.2) is 73.1 Å². The Labute approximate surface area is 117 Å². The number of carbonyl (C=O) groups is 2. The largest absolute Gasteiger partial charge is 0.480 e. The molecular weight excluding hydrogens is 290 g/mol. The van der Waals surface area contributed by atoms with Crippen LogP contribution < -0.4 is 10.0 Å². The molecule has 0 radical (unpaired) electrons. The Bertz CT molecular complexity index is 466. The maximum atomic E-state index is 11.8. The van der Waals surface area contributed by atoms with Gasteiger partial charge in [-0.1, -0.05) is 6.92 Å². The van der Waals surface area contributed by atoms with Crippen LogP contribution >= 0.6 is 0 Å². The van der Waals surface area contributed by atoms with E-state index in [1.54, 1.807) is 6.92 Å². The summed E-state index contributed by atoms with van der Waals surface area (Å²) < 4.78 is 25.0. The highest BCUT2D eigenvalue weighted by atomic mass is 32.2. The molecule has 0 aliphatic carbocycles. The molecule has 0 aromatic heterocycles. The van der Waals surface area contributed by atoms with Crippen LogP contribution in [0.3, 0.4) is 0 Å². The van der Waals surface area contributed by atoms with Gasteiger partial charge in [-0.15, -0.1) is 0 Å². The van der Waals surface area contributed by atoms with Crippen LogP contribution in [0.4, 0.5) is 4.79 Å². The lowest BCUT2D eigenvalue weighted by atomic mass is 10.2. The Morgan fingerprint density at radius 2 is 2.05 bits per heavy atom. The van der Waals surface area contributed by atoms with Crippen LogP contribution in [0.25, 0.3) is 0 Å². The van der Waals surface area contributed by atoms with Crippen molar-refractivity contribution >= 4 is 22.0 Å². The Morgan fingerprint density at radius 1 is 1.40 bits per heavy atom. The summed E-state index contributed by atoms with van der Waals surface area (Å²) in [5, 5.41) is 20.7. The van der Waals surface area contributed by atoms with Crippen molar-refractivity contribution in [3.05, 3.63) is 0 Å². The maximum absolute atomic E-state index is 11.8. The summed E-state index contributed by atoms with van der Waals surface area (Å²) in [6, 6.07) is -1.78. The lowest BCUT2D eigenvalue weighted by molar-refractivity contribution is -0.141. The molecular formula is C10H19N3O6S.